The van der Waals surface area contributed by atoms with Gasteiger partial charge in [0.25, 0.3) is 0 Å². The Morgan fingerprint density at radius 1 is 1.11 bits per heavy atom. The molecule has 1 heterocycles. The number of rotatable bonds is 3. The van der Waals surface area contributed by atoms with Crippen molar-refractivity contribution in [3.8, 4) is 0 Å². The van der Waals surface area contributed by atoms with E-state index in [1.54, 1.807) is 0 Å². The lowest BCUT2D eigenvalue weighted by Crippen LogP contribution is -2.41. The first-order chi connectivity index (χ1) is 8.26. The van der Waals surface area contributed by atoms with E-state index < -0.39 is 0 Å². The largest absolute Gasteiger partial charge is 0.370 e. The lowest BCUT2D eigenvalue weighted by atomic mass is 9.84. The average Bonchev–Trinajstić information content (AvgIpc) is 2.86. The van der Waals surface area contributed by atoms with Gasteiger partial charge in [0.1, 0.15) is 0 Å². The Bertz CT molecular complexity index is 266. The van der Waals surface area contributed by atoms with Crippen LogP contribution in [0, 0.1) is 5.41 Å². The highest BCUT2D eigenvalue weighted by atomic mass is 127. The summed E-state index contributed by atoms with van der Waals surface area (Å²) in [6.45, 7) is 5.46. The summed E-state index contributed by atoms with van der Waals surface area (Å²) in [6, 6.07) is 0. The highest BCUT2D eigenvalue weighted by Gasteiger charge is 2.31. The minimum atomic E-state index is 0. The molecule has 0 radical (unpaired) electrons. The normalized spacial score (nSPS) is 23.8. The number of aliphatic imine (C=N–C) groups is 1. The van der Waals surface area contributed by atoms with E-state index in [0.717, 1.165) is 25.6 Å². The van der Waals surface area contributed by atoms with Crippen LogP contribution in [0.25, 0.3) is 0 Å². The van der Waals surface area contributed by atoms with Crippen LogP contribution in [0.4, 0.5) is 0 Å². The molecule has 0 aromatic carbocycles. The SMILES string of the molecule is CCC1(CN=C(N)N2CCCCC2)CCCC1.I. The van der Waals surface area contributed by atoms with Gasteiger partial charge in [0.05, 0.1) is 0 Å². The molecule has 0 unspecified atom stereocenters. The Morgan fingerprint density at radius 3 is 2.28 bits per heavy atom. The van der Waals surface area contributed by atoms with Crippen LogP contribution in [-0.4, -0.2) is 30.5 Å². The standard InChI is InChI=1S/C14H27N3.HI/c1-2-14(8-4-5-9-14)12-16-13(15)17-10-6-3-7-11-17;/h2-12H2,1H3,(H2,15,16);1H. The van der Waals surface area contributed by atoms with Gasteiger partial charge in [0.15, 0.2) is 5.96 Å². The van der Waals surface area contributed by atoms with Gasteiger partial charge in [0.2, 0.25) is 0 Å². The van der Waals surface area contributed by atoms with Gasteiger partial charge in [-0.3, -0.25) is 4.99 Å². The van der Waals surface area contributed by atoms with E-state index in [9.17, 15) is 0 Å². The van der Waals surface area contributed by atoms with E-state index in [-0.39, 0.29) is 24.0 Å². The van der Waals surface area contributed by atoms with Gasteiger partial charge < -0.3 is 10.6 Å². The van der Waals surface area contributed by atoms with Crippen LogP contribution in [0.5, 0.6) is 0 Å². The number of nitrogens with zero attached hydrogens (tertiary/aromatic N) is 2. The highest BCUT2D eigenvalue weighted by molar-refractivity contribution is 14.0. The van der Waals surface area contributed by atoms with Crippen LogP contribution in [0.15, 0.2) is 4.99 Å². The van der Waals surface area contributed by atoms with Crippen LogP contribution in [0.2, 0.25) is 0 Å². The molecule has 0 bridgehead atoms. The van der Waals surface area contributed by atoms with E-state index in [4.69, 9.17) is 10.7 Å². The zero-order chi connectivity index (χ0) is 12.1. The summed E-state index contributed by atoms with van der Waals surface area (Å²) in [6.07, 6.45) is 10.6. The molecule has 1 saturated heterocycles. The number of hydrogen-bond acceptors (Lipinski definition) is 1. The van der Waals surface area contributed by atoms with Gasteiger partial charge >= 0.3 is 0 Å². The summed E-state index contributed by atoms with van der Waals surface area (Å²) in [5.74, 6) is 0.796. The third-order valence-electron chi connectivity index (χ3n) is 4.67. The highest BCUT2D eigenvalue weighted by Crippen LogP contribution is 2.41. The summed E-state index contributed by atoms with van der Waals surface area (Å²) in [4.78, 5) is 6.96. The second kappa shape index (κ2) is 7.56. The van der Waals surface area contributed by atoms with Crippen LogP contribution in [0.1, 0.15) is 58.3 Å². The number of nitrogens with two attached hydrogens (primary N) is 1. The van der Waals surface area contributed by atoms with Gasteiger partial charge in [0, 0.05) is 19.6 Å². The Hall–Kier alpha value is 0. The fourth-order valence-corrected chi connectivity index (χ4v) is 3.22. The smallest absolute Gasteiger partial charge is 0.191 e. The minimum absolute atomic E-state index is 0. The van der Waals surface area contributed by atoms with Crippen molar-refractivity contribution in [2.75, 3.05) is 19.6 Å². The molecule has 3 nitrogen and oxygen atoms in total. The molecule has 0 amide bonds. The molecule has 2 fully saturated rings. The predicted molar refractivity (Wildman–Crippen MR) is 88.5 cm³/mol. The molecular formula is C14H28IN3. The molecule has 4 heteroatoms. The van der Waals surface area contributed by atoms with Crippen LogP contribution in [-0.2, 0) is 0 Å². The van der Waals surface area contributed by atoms with Crippen molar-refractivity contribution in [1.29, 1.82) is 0 Å². The number of guanidine groups is 1. The van der Waals surface area contributed by atoms with Crippen molar-refractivity contribution in [2.45, 2.75) is 58.3 Å². The maximum Gasteiger partial charge on any atom is 0.191 e. The Balaban J connectivity index is 0.00000162. The van der Waals surface area contributed by atoms with Gasteiger partial charge in [-0.2, -0.15) is 0 Å². The topological polar surface area (TPSA) is 41.6 Å². The first kappa shape index (κ1) is 16.1. The van der Waals surface area contributed by atoms with E-state index in [1.807, 2.05) is 0 Å². The van der Waals surface area contributed by atoms with E-state index in [0.29, 0.717) is 5.41 Å². The van der Waals surface area contributed by atoms with Crippen molar-refractivity contribution in [1.82, 2.24) is 4.90 Å². The Morgan fingerprint density at radius 2 is 1.72 bits per heavy atom. The molecule has 1 aliphatic heterocycles. The fourth-order valence-electron chi connectivity index (χ4n) is 3.22. The fraction of sp³-hybridized carbons (Fsp3) is 0.929. The minimum Gasteiger partial charge on any atom is -0.370 e. The van der Waals surface area contributed by atoms with Crippen LogP contribution >= 0.6 is 24.0 Å². The Labute approximate surface area is 129 Å². The van der Waals surface area contributed by atoms with Crippen LogP contribution < -0.4 is 5.73 Å². The quantitative estimate of drug-likeness (QED) is 0.473. The van der Waals surface area contributed by atoms with Crippen molar-refractivity contribution in [3.63, 3.8) is 0 Å². The molecule has 18 heavy (non-hydrogen) atoms. The van der Waals surface area contributed by atoms with Gasteiger partial charge in [-0.15, -0.1) is 24.0 Å². The zero-order valence-corrected chi connectivity index (χ0v) is 14.0. The summed E-state index contributed by atoms with van der Waals surface area (Å²) < 4.78 is 0. The first-order valence-electron chi connectivity index (χ1n) is 7.31. The van der Waals surface area contributed by atoms with Crippen molar-refractivity contribution in [3.05, 3.63) is 0 Å². The predicted octanol–water partition coefficient (Wildman–Crippen LogP) is 3.38. The first-order valence-corrected chi connectivity index (χ1v) is 7.31. The van der Waals surface area contributed by atoms with Crippen LogP contribution in [0.3, 0.4) is 0 Å². The van der Waals surface area contributed by atoms with Crippen molar-refractivity contribution < 1.29 is 0 Å². The van der Waals surface area contributed by atoms with Crippen molar-refractivity contribution >= 4 is 29.9 Å². The third kappa shape index (κ3) is 4.00. The van der Waals surface area contributed by atoms with E-state index in [1.165, 1.54) is 51.4 Å². The van der Waals surface area contributed by atoms with E-state index in [2.05, 4.69) is 11.8 Å². The molecule has 2 N–H and O–H groups in total. The van der Waals surface area contributed by atoms with E-state index >= 15 is 0 Å². The number of halogens is 1. The monoisotopic (exact) mass is 365 g/mol. The molecule has 2 aliphatic rings. The summed E-state index contributed by atoms with van der Waals surface area (Å²) in [7, 11) is 0. The molecular weight excluding hydrogens is 337 g/mol. The number of likely N-dealkylation sites (tertiary alicyclic amines) is 1. The van der Waals surface area contributed by atoms with Crippen molar-refractivity contribution in [2.24, 2.45) is 16.1 Å². The Kier molecular flexibility index (Phi) is 6.74. The summed E-state index contributed by atoms with van der Waals surface area (Å²) >= 11 is 0. The maximum atomic E-state index is 6.12. The average molecular weight is 365 g/mol. The lowest BCUT2D eigenvalue weighted by molar-refractivity contribution is 0.291. The molecule has 106 valence electrons. The number of piperidine rings is 1. The molecule has 0 aromatic rings. The zero-order valence-electron chi connectivity index (χ0n) is 11.7. The molecule has 0 aromatic heterocycles. The second-order valence-corrected chi connectivity index (χ2v) is 5.78. The molecule has 1 saturated carbocycles. The molecule has 0 spiro atoms. The summed E-state index contributed by atoms with van der Waals surface area (Å²) in [5, 5.41) is 0. The second-order valence-electron chi connectivity index (χ2n) is 5.78. The van der Waals surface area contributed by atoms with Gasteiger partial charge in [-0.1, -0.05) is 19.8 Å². The van der Waals surface area contributed by atoms with Gasteiger partial charge in [-0.05, 0) is 43.9 Å². The number of hydrogen-bond donors (Lipinski definition) is 1. The van der Waals surface area contributed by atoms with Gasteiger partial charge in [-0.25, -0.2) is 0 Å². The molecule has 1 aliphatic carbocycles. The molecule has 0 atom stereocenters. The summed E-state index contributed by atoms with van der Waals surface area (Å²) in [5.41, 5.74) is 6.59. The molecule has 2 rings (SSSR count). The lowest BCUT2D eigenvalue weighted by Gasteiger charge is -2.29. The third-order valence-corrected chi connectivity index (χ3v) is 4.67. The maximum absolute atomic E-state index is 6.12.